The zero-order valence-electron chi connectivity index (χ0n) is 14.6. The van der Waals surface area contributed by atoms with Gasteiger partial charge in [-0.15, -0.1) is 0 Å². The maximum atomic E-state index is 11.9. The van der Waals surface area contributed by atoms with Gasteiger partial charge in [0, 0.05) is 23.7 Å². The summed E-state index contributed by atoms with van der Waals surface area (Å²) in [5.74, 6) is -0.291. The molecule has 2 N–H and O–H groups in total. The lowest BCUT2D eigenvalue weighted by molar-refractivity contribution is -0.120. The fourth-order valence-electron chi connectivity index (χ4n) is 2.34. The van der Waals surface area contributed by atoms with Gasteiger partial charge >= 0.3 is 6.09 Å². The fourth-order valence-corrected chi connectivity index (χ4v) is 2.99. The highest BCUT2D eigenvalue weighted by Gasteiger charge is 2.07. The third kappa shape index (κ3) is 5.93. The van der Waals surface area contributed by atoms with Crippen LogP contribution in [0.5, 0.6) is 0 Å². The van der Waals surface area contributed by atoms with E-state index in [1.54, 1.807) is 17.5 Å². The number of alkyl carbamates (subject to hydrolysis) is 1. The van der Waals surface area contributed by atoms with E-state index in [-0.39, 0.29) is 19.1 Å². The molecule has 0 bridgehead atoms. The molecule has 27 heavy (non-hydrogen) atoms. The predicted molar refractivity (Wildman–Crippen MR) is 104 cm³/mol. The smallest absolute Gasteiger partial charge is 0.407 e. The highest BCUT2D eigenvalue weighted by atomic mass is 32.1. The highest BCUT2D eigenvalue weighted by molar-refractivity contribution is 7.08. The Hall–Kier alpha value is -3.19. The zero-order chi connectivity index (χ0) is 18.9. The number of thiophene rings is 1. The van der Waals surface area contributed by atoms with Crippen LogP contribution in [0.3, 0.4) is 0 Å². The second-order valence-electron chi connectivity index (χ2n) is 5.75. The number of carbonyl (C=O) groups is 2. The number of ether oxygens (including phenoxy) is 1. The summed E-state index contributed by atoms with van der Waals surface area (Å²) in [7, 11) is 0. The summed E-state index contributed by atoms with van der Waals surface area (Å²) >= 11 is 1.61. The Kier molecular flexibility index (Phi) is 6.54. The van der Waals surface area contributed by atoms with Crippen molar-refractivity contribution in [1.29, 1.82) is 0 Å². The minimum atomic E-state index is -0.627. The number of aromatic nitrogens is 1. The first kappa shape index (κ1) is 18.6. The van der Waals surface area contributed by atoms with E-state index in [0.29, 0.717) is 6.54 Å². The van der Waals surface area contributed by atoms with Crippen molar-refractivity contribution < 1.29 is 14.3 Å². The van der Waals surface area contributed by atoms with E-state index in [1.807, 2.05) is 59.3 Å². The lowest BCUT2D eigenvalue weighted by atomic mass is 10.1. The molecule has 3 rings (SSSR count). The highest BCUT2D eigenvalue weighted by Crippen LogP contribution is 2.20. The Labute approximate surface area is 161 Å². The summed E-state index contributed by atoms with van der Waals surface area (Å²) in [4.78, 5) is 27.9. The van der Waals surface area contributed by atoms with Crippen molar-refractivity contribution in [2.24, 2.45) is 0 Å². The number of benzene rings is 1. The van der Waals surface area contributed by atoms with Gasteiger partial charge in [-0.1, -0.05) is 30.3 Å². The largest absolute Gasteiger partial charge is 0.445 e. The molecule has 0 saturated heterocycles. The van der Waals surface area contributed by atoms with Gasteiger partial charge in [0.25, 0.3) is 0 Å². The van der Waals surface area contributed by atoms with Gasteiger partial charge in [-0.2, -0.15) is 11.3 Å². The summed E-state index contributed by atoms with van der Waals surface area (Å²) in [5.41, 5.74) is 3.74. The molecule has 0 fully saturated rings. The molecule has 0 aliphatic carbocycles. The number of carbonyl (C=O) groups excluding carboxylic acids is 2. The van der Waals surface area contributed by atoms with Crippen LogP contribution in [0.4, 0.5) is 4.79 Å². The molecule has 0 spiro atoms. The maximum absolute atomic E-state index is 11.9. The minimum Gasteiger partial charge on any atom is -0.445 e. The van der Waals surface area contributed by atoms with Crippen molar-refractivity contribution in [3.63, 3.8) is 0 Å². The van der Waals surface area contributed by atoms with Crippen molar-refractivity contribution in [3.05, 3.63) is 76.6 Å². The number of hydrogen-bond acceptors (Lipinski definition) is 5. The van der Waals surface area contributed by atoms with E-state index in [0.717, 1.165) is 22.4 Å². The molecule has 1 aromatic carbocycles. The second-order valence-corrected chi connectivity index (χ2v) is 6.53. The molecule has 0 saturated carbocycles. The third-order valence-corrected chi connectivity index (χ3v) is 4.42. The van der Waals surface area contributed by atoms with E-state index in [2.05, 4.69) is 15.6 Å². The molecule has 0 radical (unpaired) electrons. The van der Waals surface area contributed by atoms with Gasteiger partial charge < -0.3 is 15.4 Å². The van der Waals surface area contributed by atoms with Crippen LogP contribution in [0.2, 0.25) is 0 Å². The quantitative estimate of drug-likeness (QED) is 0.658. The molecule has 138 valence electrons. The summed E-state index contributed by atoms with van der Waals surface area (Å²) in [6.07, 6.45) is 1.09. The van der Waals surface area contributed by atoms with Crippen LogP contribution >= 0.6 is 11.3 Å². The number of hydrogen-bond donors (Lipinski definition) is 2. The predicted octanol–water partition coefficient (Wildman–Crippen LogP) is 3.35. The lowest BCUT2D eigenvalue weighted by Gasteiger charge is -2.08. The molecular formula is C20H19N3O3S. The number of amides is 2. The van der Waals surface area contributed by atoms with E-state index in [9.17, 15) is 9.59 Å². The average molecular weight is 381 g/mol. The topological polar surface area (TPSA) is 80.3 Å². The first-order valence-corrected chi connectivity index (χ1v) is 9.34. The summed E-state index contributed by atoms with van der Waals surface area (Å²) in [5, 5.41) is 9.22. The SMILES string of the molecule is O=C(CNC(=O)OCc1ccccc1)NCc1ccnc(-c2ccsc2)c1. The third-order valence-electron chi connectivity index (χ3n) is 3.74. The monoisotopic (exact) mass is 381 g/mol. The normalized spacial score (nSPS) is 10.2. The lowest BCUT2D eigenvalue weighted by Crippen LogP contribution is -2.36. The maximum Gasteiger partial charge on any atom is 0.407 e. The number of nitrogens with zero attached hydrogens (tertiary/aromatic N) is 1. The molecule has 0 aliphatic heterocycles. The zero-order valence-corrected chi connectivity index (χ0v) is 15.4. The van der Waals surface area contributed by atoms with Crippen LogP contribution in [0, 0.1) is 0 Å². The molecule has 7 heteroatoms. The van der Waals surface area contributed by atoms with Gasteiger partial charge in [-0.3, -0.25) is 9.78 Å². The van der Waals surface area contributed by atoms with E-state index in [4.69, 9.17) is 4.74 Å². The van der Waals surface area contributed by atoms with Crippen LogP contribution < -0.4 is 10.6 Å². The second kappa shape index (κ2) is 9.49. The summed E-state index contributed by atoms with van der Waals surface area (Å²) in [6.45, 7) is 0.381. The molecule has 2 heterocycles. The van der Waals surface area contributed by atoms with Crippen molar-refractivity contribution >= 4 is 23.3 Å². The van der Waals surface area contributed by atoms with Crippen LogP contribution in [0.1, 0.15) is 11.1 Å². The number of pyridine rings is 1. The van der Waals surface area contributed by atoms with E-state index in [1.165, 1.54) is 0 Å². The van der Waals surface area contributed by atoms with Gasteiger partial charge in [0.15, 0.2) is 0 Å². The Morgan fingerprint density at radius 2 is 1.89 bits per heavy atom. The van der Waals surface area contributed by atoms with Crippen LogP contribution in [0.15, 0.2) is 65.5 Å². The molecule has 2 aromatic heterocycles. The molecule has 6 nitrogen and oxygen atoms in total. The number of nitrogens with one attached hydrogen (secondary N) is 2. The van der Waals surface area contributed by atoms with Crippen LogP contribution in [-0.2, 0) is 22.7 Å². The van der Waals surface area contributed by atoms with Crippen LogP contribution in [0.25, 0.3) is 11.3 Å². The Bertz CT molecular complexity index is 883. The summed E-state index contributed by atoms with van der Waals surface area (Å²) < 4.78 is 5.06. The average Bonchev–Trinajstić information content (AvgIpc) is 3.25. The van der Waals surface area contributed by atoms with E-state index >= 15 is 0 Å². The summed E-state index contributed by atoms with van der Waals surface area (Å²) in [6, 6.07) is 15.1. The Morgan fingerprint density at radius 3 is 2.67 bits per heavy atom. The molecule has 0 aliphatic rings. The Morgan fingerprint density at radius 1 is 1.04 bits per heavy atom. The van der Waals surface area contributed by atoms with Gasteiger partial charge in [-0.05, 0) is 34.7 Å². The number of rotatable bonds is 7. The Balaban J connectivity index is 1.39. The van der Waals surface area contributed by atoms with Gasteiger partial charge in [0.1, 0.15) is 13.2 Å². The molecule has 0 atom stereocenters. The molecule has 3 aromatic rings. The first-order chi connectivity index (χ1) is 13.2. The van der Waals surface area contributed by atoms with Gasteiger partial charge in [-0.25, -0.2) is 4.79 Å². The molecular weight excluding hydrogens is 362 g/mol. The molecule has 2 amide bonds. The molecule has 0 unspecified atom stereocenters. The van der Waals surface area contributed by atoms with Crippen molar-refractivity contribution in [1.82, 2.24) is 15.6 Å². The van der Waals surface area contributed by atoms with E-state index < -0.39 is 6.09 Å². The first-order valence-electron chi connectivity index (χ1n) is 8.39. The fraction of sp³-hybridized carbons (Fsp3) is 0.150. The van der Waals surface area contributed by atoms with Gasteiger partial charge in [0.2, 0.25) is 5.91 Å². The van der Waals surface area contributed by atoms with Crippen LogP contribution in [-0.4, -0.2) is 23.5 Å². The minimum absolute atomic E-state index is 0.143. The van der Waals surface area contributed by atoms with Crippen molar-refractivity contribution in [3.8, 4) is 11.3 Å². The standard InChI is InChI=1S/C20H19N3O3S/c24-19(12-23-20(25)26-13-15-4-2-1-3-5-15)22-11-16-6-8-21-18(10-16)17-7-9-27-14-17/h1-10,14H,11-13H2,(H,22,24)(H,23,25). The van der Waals surface area contributed by atoms with Crippen molar-refractivity contribution in [2.75, 3.05) is 6.54 Å². The van der Waals surface area contributed by atoms with Gasteiger partial charge in [0.05, 0.1) is 5.69 Å². The van der Waals surface area contributed by atoms with Crippen molar-refractivity contribution in [2.45, 2.75) is 13.2 Å².